The van der Waals surface area contributed by atoms with Crippen LogP contribution in [0, 0.1) is 5.92 Å². The molecule has 0 spiro atoms. The number of hydrogen-bond donors (Lipinski definition) is 3. The highest BCUT2D eigenvalue weighted by molar-refractivity contribution is 14.0. The van der Waals surface area contributed by atoms with Gasteiger partial charge in [-0.3, -0.25) is 4.79 Å². The number of para-hydroxylation sites is 1. The van der Waals surface area contributed by atoms with Crippen LogP contribution in [0.2, 0.25) is 0 Å². The van der Waals surface area contributed by atoms with E-state index in [2.05, 4.69) is 27.0 Å². The lowest BCUT2D eigenvalue weighted by Gasteiger charge is -2.13. The van der Waals surface area contributed by atoms with Crippen molar-refractivity contribution in [3.63, 3.8) is 0 Å². The predicted molar refractivity (Wildman–Crippen MR) is 123 cm³/mol. The summed E-state index contributed by atoms with van der Waals surface area (Å²) in [5.74, 6) is 2.60. The van der Waals surface area contributed by atoms with Gasteiger partial charge in [-0.2, -0.15) is 0 Å². The van der Waals surface area contributed by atoms with Crippen LogP contribution in [0.4, 0.5) is 0 Å². The number of carbonyl (C=O) groups excluding carboxylic acids is 1. The predicted octanol–water partition coefficient (Wildman–Crippen LogP) is 3.21. The molecule has 3 rings (SSSR count). The number of guanidine groups is 1. The fraction of sp³-hybridized carbons (Fsp3) is 0.619. The Morgan fingerprint density at radius 2 is 1.96 bits per heavy atom. The summed E-state index contributed by atoms with van der Waals surface area (Å²) in [5.41, 5.74) is 1.10. The molecule has 1 aromatic carbocycles. The van der Waals surface area contributed by atoms with Gasteiger partial charge in [0.05, 0.1) is 13.2 Å². The van der Waals surface area contributed by atoms with Crippen molar-refractivity contribution in [2.45, 2.75) is 58.0 Å². The van der Waals surface area contributed by atoms with Gasteiger partial charge in [-0.05, 0) is 51.0 Å². The summed E-state index contributed by atoms with van der Waals surface area (Å²) in [6.07, 6.45) is 6.19. The van der Waals surface area contributed by atoms with Gasteiger partial charge in [0.1, 0.15) is 5.75 Å². The number of benzene rings is 1. The molecule has 28 heavy (non-hydrogen) atoms. The maximum Gasteiger partial charge on any atom is 0.220 e. The molecule has 6 nitrogen and oxygen atoms in total. The SMILES string of the molecule is CCNC(=NCc1ccccc1OCC1CC1)NCCCC(=O)NC1CC1.I. The van der Waals surface area contributed by atoms with Crippen molar-refractivity contribution in [3.8, 4) is 5.75 Å². The van der Waals surface area contributed by atoms with E-state index in [1.54, 1.807) is 0 Å². The number of nitrogens with one attached hydrogen (secondary N) is 3. The minimum atomic E-state index is 0. The van der Waals surface area contributed by atoms with E-state index in [1.165, 1.54) is 12.8 Å². The van der Waals surface area contributed by atoms with E-state index in [0.29, 0.717) is 19.0 Å². The quantitative estimate of drug-likeness (QED) is 0.189. The van der Waals surface area contributed by atoms with E-state index in [-0.39, 0.29) is 29.9 Å². The summed E-state index contributed by atoms with van der Waals surface area (Å²) in [6.45, 7) is 4.95. The van der Waals surface area contributed by atoms with Crippen molar-refractivity contribution in [2.75, 3.05) is 19.7 Å². The molecule has 0 aromatic heterocycles. The van der Waals surface area contributed by atoms with E-state index < -0.39 is 0 Å². The van der Waals surface area contributed by atoms with Gasteiger partial charge < -0.3 is 20.7 Å². The fourth-order valence-corrected chi connectivity index (χ4v) is 2.76. The first-order valence-corrected chi connectivity index (χ1v) is 10.3. The molecule has 7 heteroatoms. The number of rotatable bonds is 11. The second-order valence-electron chi connectivity index (χ2n) is 7.43. The Morgan fingerprint density at radius 1 is 1.18 bits per heavy atom. The highest BCUT2D eigenvalue weighted by Crippen LogP contribution is 2.30. The number of nitrogens with zero attached hydrogens (tertiary/aromatic N) is 1. The second-order valence-corrected chi connectivity index (χ2v) is 7.43. The Hall–Kier alpha value is -1.51. The molecule has 3 N–H and O–H groups in total. The lowest BCUT2D eigenvalue weighted by Crippen LogP contribution is -2.38. The molecule has 2 saturated carbocycles. The summed E-state index contributed by atoms with van der Waals surface area (Å²) in [6, 6.07) is 8.55. The molecule has 0 heterocycles. The van der Waals surface area contributed by atoms with Crippen LogP contribution in [0.15, 0.2) is 29.3 Å². The first-order chi connectivity index (χ1) is 13.2. The molecular formula is C21H33IN4O2. The second kappa shape index (κ2) is 12.1. The molecule has 0 saturated heterocycles. The van der Waals surface area contributed by atoms with Crippen LogP contribution in [-0.4, -0.2) is 37.6 Å². The highest BCUT2D eigenvalue weighted by atomic mass is 127. The van der Waals surface area contributed by atoms with E-state index in [0.717, 1.165) is 62.1 Å². The van der Waals surface area contributed by atoms with Crippen LogP contribution in [0.1, 0.15) is 51.0 Å². The van der Waals surface area contributed by atoms with Crippen LogP contribution in [0.3, 0.4) is 0 Å². The van der Waals surface area contributed by atoms with Gasteiger partial charge in [0, 0.05) is 31.1 Å². The topological polar surface area (TPSA) is 74.8 Å². The Kier molecular flexibility index (Phi) is 9.87. The molecule has 1 amide bonds. The zero-order valence-electron chi connectivity index (χ0n) is 16.7. The zero-order valence-corrected chi connectivity index (χ0v) is 19.0. The maximum absolute atomic E-state index is 11.7. The van der Waals surface area contributed by atoms with Crippen LogP contribution < -0.4 is 20.7 Å². The number of hydrogen-bond acceptors (Lipinski definition) is 3. The van der Waals surface area contributed by atoms with Crippen molar-refractivity contribution >= 4 is 35.8 Å². The third-order valence-electron chi connectivity index (χ3n) is 4.71. The average molecular weight is 500 g/mol. The Bertz CT molecular complexity index is 645. The molecule has 1 aromatic rings. The van der Waals surface area contributed by atoms with Crippen molar-refractivity contribution in [1.29, 1.82) is 0 Å². The first kappa shape index (κ1) is 22.8. The average Bonchev–Trinajstić information content (AvgIpc) is 3.58. The normalized spacial score (nSPS) is 16.1. The van der Waals surface area contributed by atoms with Crippen molar-refractivity contribution in [1.82, 2.24) is 16.0 Å². The van der Waals surface area contributed by atoms with Gasteiger partial charge in [0.25, 0.3) is 0 Å². The third kappa shape index (κ3) is 8.67. The molecule has 2 fully saturated rings. The standard InChI is InChI=1S/C21H32N4O2.HI/c1-2-22-21(23-13-5-8-20(26)25-18-11-12-18)24-14-17-6-3-4-7-19(17)27-15-16-9-10-16;/h3-4,6-7,16,18H,2,5,8-15H2,1H3,(H,25,26)(H2,22,23,24);1H. The smallest absolute Gasteiger partial charge is 0.220 e. The van der Waals surface area contributed by atoms with Gasteiger partial charge in [-0.15, -0.1) is 24.0 Å². The van der Waals surface area contributed by atoms with Crippen LogP contribution in [0.25, 0.3) is 0 Å². The maximum atomic E-state index is 11.7. The third-order valence-corrected chi connectivity index (χ3v) is 4.71. The Morgan fingerprint density at radius 3 is 2.68 bits per heavy atom. The van der Waals surface area contributed by atoms with Crippen LogP contribution in [0.5, 0.6) is 5.75 Å². The number of aliphatic imine (C=N–C) groups is 1. The summed E-state index contributed by atoms with van der Waals surface area (Å²) in [4.78, 5) is 16.4. The number of amides is 1. The number of halogens is 1. The molecule has 0 bridgehead atoms. The Balaban J connectivity index is 0.00000280. The largest absolute Gasteiger partial charge is 0.493 e. The summed E-state index contributed by atoms with van der Waals surface area (Å²) in [7, 11) is 0. The van der Waals surface area contributed by atoms with E-state index in [4.69, 9.17) is 4.74 Å². The van der Waals surface area contributed by atoms with Crippen molar-refractivity contribution < 1.29 is 9.53 Å². The molecule has 2 aliphatic rings. The van der Waals surface area contributed by atoms with E-state index in [9.17, 15) is 4.79 Å². The number of ether oxygens (including phenoxy) is 1. The molecule has 0 aliphatic heterocycles. The molecule has 0 unspecified atom stereocenters. The molecular weight excluding hydrogens is 467 g/mol. The lowest BCUT2D eigenvalue weighted by atomic mass is 10.2. The lowest BCUT2D eigenvalue weighted by molar-refractivity contribution is -0.121. The van der Waals surface area contributed by atoms with Crippen molar-refractivity contribution in [3.05, 3.63) is 29.8 Å². The van der Waals surface area contributed by atoms with Gasteiger partial charge in [-0.25, -0.2) is 4.99 Å². The monoisotopic (exact) mass is 500 g/mol. The summed E-state index contributed by atoms with van der Waals surface area (Å²) < 4.78 is 5.96. The minimum Gasteiger partial charge on any atom is -0.493 e. The summed E-state index contributed by atoms with van der Waals surface area (Å²) >= 11 is 0. The zero-order chi connectivity index (χ0) is 18.9. The van der Waals surface area contributed by atoms with Crippen LogP contribution >= 0.6 is 24.0 Å². The fourth-order valence-electron chi connectivity index (χ4n) is 2.76. The van der Waals surface area contributed by atoms with Crippen LogP contribution in [-0.2, 0) is 11.3 Å². The van der Waals surface area contributed by atoms with Crippen molar-refractivity contribution in [2.24, 2.45) is 10.9 Å². The van der Waals surface area contributed by atoms with E-state index in [1.807, 2.05) is 25.1 Å². The van der Waals surface area contributed by atoms with Gasteiger partial charge in [0.15, 0.2) is 5.96 Å². The van der Waals surface area contributed by atoms with E-state index >= 15 is 0 Å². The van der Waals surface area contributed by atoms with Gasteiger partial charge >= 0.3 is 0 Å². The van der Waals surface area contributed by atoms with Gasteiger partial charge in [0.2, 0.25) is 5.91 Å². The first-order valence-electron chi connectivity index (χ1n) is 10.3. The summed E-state index contributed by atoms with van der Waals surface area (Å²) in [5, 5.41) is 9.59. The Labute approximate surface area is 185 Å². The highest BCUT2D eigenvalue weighted by Gasteiger charge is 2.23. The van der Waals surface area contributed by atoms with Gasteiger partial charge in [-0.1, -0.05) is 18.2 Å². The number of carbonyl (C=O) groups is 1. The molecule has 0 radical (unpaired) electrons. The molecule has 0 atom stereocenters. The molecule has 156 valence electrons. The molecule has 2 aliphatic carbocycles. The minimum absolute atomic E-state index is 0.